The molecule has 2 aromatic carbocycles. The molecule has 3 N–H and O–H groups in total. The Morgan fingerprint density at radius 1 is 1.15 bits per heavy atom. The molecule has 1 unspecified atom stereocenters. The topological polar surface area (TPSA) is 89.6 Å². The van der Waals surface area contributed by atoms with Crippen LogP contribution in [0.5, 0.6) is 5.75 Å². The molecule has 0 aliphatic rings. The number of hydrogen-bond donors (Lipinski definition) is 2. The zero-order valence-electron chi connectivity index (χ0n) is 15.2. The van der Waals surface area contributed by atoms with Gasteiger partial charge in [0.15, 0.2) is 0 Å². The molecule has 5 nitrogen and oxygen atoms in total. The van der Waals surface area contributed by atoms with Crippen LogP contribution in [0.25, 0.3) is 6.08 Å². The monoisotopic (exact) mass is 353 g/mol. The number of aryl methyl sites for hydroxylation is 2. The lowest BCUT2D eigenvalue weighted by Crippen LogP contribution is -2.25. The van der Waals surface area contributed by atoms with E-state index in [9.17, 15) is 14.7 Å². The molecule has 1 atom stereocenters. The highest BCUT2D eigenvalue weighted by molar-refractivity contribution is 5.99. The number of nitrogens with two attached hydrogens (primary N) is 1. The number of amides is 1. The molecule has 5 heteroatoms. The van der Waals surface area contributed by atoms with Crippen molar-refractivity contribution in [2.24, 2.45) is 11.7 Å². The minimum absolute atomic E-state index is 0.0262. The van der Waals surface area contributed by atoms with E-state index in [0.29, 0.717) is 12.4 Å². The van der Waals surface area contributed by atoms with Crippen LogP contribution in [0.1, 0.15) is 29.2 Å². The molecule has 0 aromatic heterocycles. The van der Waals surface area contributed by atoms with E-state index in [1.165, 1.54) is 13.0 Å². The second kappa shape index (κ2) is 8.34. The molecule has 1 amide bonds. The molecule has 0 aliphatic carbocycles. The van der Waals surface area contributed by atoms with Gasteiger partial charge in [0, 0.05) is 5.57 Å². The van der Waals surface area contributed by atoms with Crippen molar-refractivity contribution in [3.05, 3.63) is 70.3 Å². The van der Waals surface area contributed by atoms with E-state index in [1.807, 2.05) is 56.3 Å². The number of aliphatic carboxylic acids is 1. The quantitative estimate of drug-likeness (QED) is 0.746. The lowest BCUT2D eigenvalue weighted by Gasteiger charge is -2.14. The Kier molecular flexibility index (Phi) is 6.17. The summed E-state index contributed by atoms with van der Waals surface area (Å²) in [5.41, 5.74) is 8.78. The summed E-state index contributed by atoms with van der Waals surface area (Å²) in [6, 6.07) is 13.5. The number of hydrogen-bond acceptors (Lipinski definition) is 3. The fourth-order valence-corrected chi connectivity index (χ4v) is 2.67. The van der Waals surface area contributed by atoms with Crippen LogP contribution in [0.4, 0.5) is 0 Å². The maximum atomic E-state index is 11.5. The molecule has 136 valence electrons. The summed E-state index contributed by atoms with van der Waals surface area (Å²) >= 11 is 0. The van der Waals surface area contributed by atoms with Gasteiger partial charge in [-0.2, -0.15) is 0 Å². The highest BCUT2D eigenvalue weighted by atomic mass is 16.5. The second-order valence-electron chi connectivity index (χ2n) is 6.27. The van der Waals surface area contributed by atoms with Crippen molar-refractivity contribution in [1.82, 2.24) is 0 Å². The van der Waals surface area contributed by atoms with Crippen molar-refractivity contribution in [2.45, 2.75) is 27.4 Å². The zero-order chi connectivity index (χ0) is 19.3. The molecular weight excluding hydrogens is 330 g/mol. The second-order valence-corrected chi connectivity index (χ2v) is 6.27. The first-order chi connectivity index (χ1) is 12.3. The van der Waals surface area contributed by atoms with Crippen molar-refractivity contribution < 1.29 is 19.4 Å². The van der Waals surface area contributed by atoms with Gasteiger partial charge in [0.25, 0.3) is 0 Å². The van der Waals surface area contributed by atoms with Gasteiger partial charge in [-0.05, 0) is 61.2 Å². The number of carboxylic acids is 1. The van der Waals surface area contributed by atoms with Gasteiger partial charge in [-0.15, -0.1) is 0 Å². The lowest BCUT2D eigenvalue weighted by atomic mass is 9.94. The average molecular weight is 353 g/mol. The normalized spacial score (nSPS) is 12.5. The van der Waals surface area contributed by atoms with Crippen molar-refractivity contribution >= 4 is 18.0 Å². The van der Waals surface area contributed by atoms with Crippen molar-refractivity contribution in [3.63, 3.8) is 0 Å². The van der Waals surface area contributed by atoms with Gasteiger partial charge in [0.2, 0.25) is 5.91 Å². The van der Waals surface area contributed by atoms with E-state index in [1.54, 1.807) is 0 Å². The van der Waals surface area contributed by atoms with Gasteiger partial charge < -0.3 is 15.6 Å². The molecule has 0 aliphatic heterocycles. The van der Waals surface area contributed by atoms with E-state index in [4.69, 9.17) is 10.5 Å². The SMILES string of the molecule is Cc1cc(OCc2ccccc2)cc(C)c1C=C(C(=O)O)C(C)C(N)=O. The van der Waals surface area contributed by atoms with Gasteiger partial charge in [0.05, 0.1) is 5.92 Å². The molecule has 0 saturated heterocycles. The van der Waals surface area contributed by atoms with E-state index in [2.05, 4.69) is 0 Å². The predicted octanol–water partition coefficient (Wildman–Crippen LogP) is 3.47. The third-order valence-electron chi connectivity index (χ3n) is 4.26. The summed E-state index contributed by atoms with van der Waals surface area (Å²) in [6.07, 6.45) is 1.52. The third kappa shape index (κ3) is 4.72. The lowest BCUT2D eigenvalue weighted by molar-refractivity contribution is -0.134. The largest absolute Gasteiger partial charge is 0.489 e. The van der Waals surface area contributed by atoms with Crippen LogP contribution in [-0.4, -0.2) is 17.0 Å². The summed E-state index contributed by atoms with van der Waals surface area (Å²) in [6.45, 7) is 5.70. The molecule has 0 saturated carbocycles. The van der Waals surface area contributed by atoms with E-state index in [0.717, 1.165) is 22.3 Å². The van der Waals surface area contributed by atoms with Crippen LogP contribution in [0.2, 0.25) is 0 Å². The zero-order valence-corrected chi connectivity index (χ0v) is 15.2. The Morgan fingerprint density at radius 3 is 2.23 bits per heavy atom. The average Bonchev–Trinajstić information content (AvgIpc) is 2.59. The van der Waals surface area contributed by atoms with E-state index >= 15 is 0 Å². The van der Waals surface area contributed by atoms with E-state index in [-0.39, 0.29) is 5.57 Å². The first kappa shape index (κ1) is 19.2. The molecule has 0 spiro atoms. The summed E-state index contributed by atoms with van der Waals surface area (Å²) in [7, 11) is 0. The molecule has 0 heterocycles. The number of carbonyl (C=O) groups is 2. The molecule has 0 bridgehead atoms. The summed E-state index contributed by atoms with van der Waals surface area (Å²) in [5, 5.41) is 9.40. The number of benzene rings is 2. The van der Waals surface area contributed by atoms with Gasteiger partial charge in [-0.1, -0.05) is 30.3 Å². The van der Waals surface area contributed by atoms with Crippen molar-refractivity contribution in [3.8, 4) is 5.75 Å². The molecule has 2 aromatic rings. The first-order valence-corrected chi connectivity index (χ1v) is 8.31. The van der Waals surface area contributed by atoms with Crippen LogP contribution in [-0.2, 0) is 16.2 Å². The fraction of sp³-hybridized carbons (Fsp3) is 0.238. The number of rotatable bonds is 7. The van der Waals surface area contributed by atoms with Gasteiger partial charge in [0.1, 0.15) is 12.4 Å². The number of primary amides is 1. The van der Waals surface area contributed by atoms with Gasteiger partial charge in [-0.3, -0.25) is 4.79 Å². The van der Waals surface area contributed by atoms with Gasteiger partial charge >= 0.3 is 5.97 Å². The summed E-state index contributed by atoms with van der Waals surface area (Å²) in [5.74, 6) is -1.99. The summed E-state index contributed by atoms with van der Waals surface area (Å²) < 4.78 is 5.84. The van der Waals surface area contributed by atoms with Crippen molar-refractivity contribution in [1.29, 1.82) is 0 Å². The molecule has 26 heavy (non-hydrogen) atoms. The first-order valence-electron chi connectivity index (χ1n) is 8.31. The Morgan fingerprint density at radius 2 is 1.73 bits per heavy atom. The highest BCUT2D eigenvalue weighted by Gasteiger charge is 2.21. The third-order valence-corrected chi connectivity index (χ3v) is 4.26. The van der Waals surface area contributed by atoms with Gasteiger partial charge in [-0.25, -0.2) is 4.79 Å². The number of ether oxygens (including phenoxy) is 1. The van der Waals surface area contributed by atoms with Crippen LogP contribution in [0.15, 0.2) is 48.0 Å². The van der Waals surface area contributed by atoms with Crippen LogP contribution < -0.4 is 10.5 Å². The fourth-order valence-electron chi connectivity index (χ4n) is 2.67. The maximum Gasteiger partial charge on any atom is 0.332 e. The molecule has 2 rings (SSSR count). The minimum atomic E-state index is -1.15. The Balaban J connectivity index is 2.29. The number of carboxylic acid groups (broad SMARTS) is 1. The Labute approximate surface area is 153 Å². The standard InChI is InChI=1S/C21H23NO4/c1-13-9-17(26-12-16-7-5-4-6-8-16)10-14(2)18(13)11-19(21(24)25)15(3)20(22)23/h4-11,15H,12H2,1-3H3,(H2,22,23)(H,24,25). The highest BCUT2D eigenvalue weighted by Crippen LogP contribution is 2.26. The summed E-state index contributed by atoms with van der Waals surface area (Å²) in [4.78, 5) is 22.9. The molecule has 0 radical (unpaired) electrons. The number of carbonyl (C=O) groups excluding carboxylic acids is 1. The smallest absolute Gasteiger partial charge is 0.332 e. The molecule has 0 fully saturated rings. The van der Waals surface area contributed by atoms with E-state index < -0.39 is 17.8 Å². The van der Waals surface area contributed by atoms with Crippen LogP contribution in [0.3, 0.4) is 0 Å². The van der Waals surface area contributed by atoms with Crippen molar-refractivity contribution in [2.75, 3.05) is 0 Å². The Bertz CT molecular complexity index is 817. The minimum Gasteiger partial charge on any atom is -0.489 e. The maximum absolute atomic E-state index is 11.5. The Hall–Kier alpha value is -3.08. The predicted molar refractivity (Wildman–Crippen MR) is 101 cm³/mol. The van der Waals surface area contributed by atoms with Crippen LogP contribution >= 0.6 is 0 Å². The molecular formula is C21H23NO4. The van der Waals surface area contributed by atoms with Crippen LogP contribution in [0, 0.1) is 19.8 Å².